The van der Waals surface area contributed by atoms with E-state index < -0.39 is 8.07 Å². The van der Waals surface area contributed by atoms with E-state index in [4.69, 9.17) is 0 Å². The van der Waals surface area contributed by atoms with Crippen LogP contribution in [0.15, 0.2) is 206 Å². The summed E-state index contributed by atoms with van der Waals surface area (Å²) < 4.78 is 4.97. The molecule has 0 radical (unpaired) electrons. The standard InChI is InChI=1S/C48H34N2Si/c1-4-19-36(20-5-1)51(37-21-6-2-7-22-37,38-23-8-3-9-24-38)39-25-16-18-35(34-39)49-44-30-13-12-28-42(44)43-29-17-33-47(48(43)49)50-45-31-14-10-26-40(45)41-27-11-15-32-46(41)50/h1-34H. The molecule has 3 heteroatoms. The third-order valence-electron chi connectivity index (χ3n) is 10.7. The van der Waals surface area contributed by atoms with Crippen LogP contribution in [-0.4, -0.2) is 17.2 Å². The average molecular weight is 667 g/mol. The fraction of sp³-hybridized carbons (Fsp3) is 0. The minimum atomic E-state index is -2.74. The Morgan fingerprint density at radius 3 is 1.22 bits per heavy atom. The Morgan fingerprint density at radius 1 is 0.294 bits per heavy atom. The van der Waals surface area contributed by atoms with Crippen LogP contribution < -0.4 is 20.7 Å². The van der Waals surface area contributed by atoms with Crippen molar-refractivity contribution in [3.63, 3.8) is 0 Å². The molecule has 2 aromatic heterocycles. The van der Waals surface area contributed by atoms with Crippen molar-refractivity contribution in [2.75, 3.05) is 0 Å². The van der Waals surface area contributed by atoms with Crippen LogP contribution in [-0.2, 0) is 0 Å². The lowest BCUT2D eigenvalue weighted by atomic mass is 10.1. The van der Waals surface area contributed by atoms with Crippen LogP contribution in [0.2, 0.25) is 0 Å². The van der Waals surface area contributed by atoms with E-state index in [0.29, 0.717) is 0 Å². The van der Waals surface area contributed by atoms with Crippen LogP contribution in [0, 0.1) is 0 Å². The maximum absolute atomic E-state index is 2.74. The zero-order valence-electron chi connectivity index (χ0n) is 28.0. The van der Waals surface area contributed by atoms with Crippen molar-refractivity contribution in [1.29, 1.82) is 0 Å². The Balaban J connectivity index is 1.32. The van der Waals surface area contributed by atoms with Crippen molar-refractivity contribution in [2.24, 2.45) is 0 Å². The van der Waals surface area contributed by atoms with E-state index >= 15 is 0 Å². The highest BCUT2D eigenvalue weighted by Gasteiger charge is 2.41. The molecule has 8 aromatic carbocycles. The Morgan fingerprint density at radius 2 is 0.686 bits per heavy atom. The first-order valence-electron chi connectivity index (χ1n) is 17.6. The molecule has 0 unspecified atom stereocenters. The lowest BCUT2D eigenvalue weighted by molar-refractivity contribution is 1.13. The van der Waals surface area contributed by atoms with Crippen LogP contribution in [0.3, 0.4) is 0 Å². The normalized spacial score (nSPS) is 11.9. The van der Waals surface area contributed by atoms with E-state index in [1.165, 1.54) is 70.0 Å². The van der Waals surface area contributed by atoms with E-state index in [1.54, 1.807) is 0 Å². The minimum Gasteiger partial charge on any atom is -0.307 e. The molecular formula is C48H34N2Si. The van der Waals surface area contributed by atoms with Crippen LogP contribution >= 0.6 is 0 Å². The summed E-state index contributed by atoms with van der Waals surface area (Å²) in [5.41, 5.74) is 7.15. The number of benzene rings is 8. The average Bonchev–Trinajstić information content (AvgIpc) is 3.73. The van der Waals surface area contributed by atoms with Crippen molar-refractivity contribution >= 4 is 72.4 Å². The molecule has 10 aromatic rings. The molecule has 0 aliphatic rings. The molecule has 0 atom stereocenters. The molecule has 0 saturated carbocycles. The Hall–Kier alpha value is -6.42. The third kappa shape index (κ3) is 4.42. The highest BCUT2D eigenvalue weighted by atomic mass is 28.3. The zero-order chi connectivity index (χ0) is 33.8. The molecule has 0 saturated heterocycles. The van der Waals surface area contributed by atoms with Gasteiger partial charge in [-0.2, -0.15) is 0 Å². The molecule has 51 heavy (non-hydrogen) atoms. The molecule has 0 bridgehead atoms. The predicted octanol–water partition coefficient (Wildman–Crippen LogP) is 9.26. The number of aromatic nitrogens is 2. The number of rotatable bonds is 6. The van der Waals surface area contributed by atoms with Gasteiger partial charge in [0, 0.05) is 27.2 Å². The van der Waals surface area contributed by atoms with Gasteiger partial charge in [-0.15, -0.1) is 0 Å². The van der Waals surface area contributed by atoms with Gasteiger partial charge in [0.15, 0.2) is 8.07 Å². The first-order chi connectivity index (χ1) is 25.3. The van der Waals surface area contributed by atoms with Gasteiger partial charge in [0.2, 0.25) is 0 Å². The van der Waals surface area contributed by atoms with E-state index in [9.17, 15) is 0 Å². The maximum atomic E-state index is 2.51. The topological polar surface area (TPSA) is 9.86 Å². The molecule has 0 fully saturated rings. The van der Waals surface area contributed by atoms with Gasteiger partial charge in [-0.25, -0.2) is 0 Å². The fourth-order valence-electron chi connectivity index (χ4n) is 8.57. The number of para-hydroxylation sites is 4. The summed E-state index contributed by atoms with van der Waals surface area (Å²) in [6.45, 7) is 0. The summed E-state index contributed by atoms with van der Waals surface area (Å²) in [7, 11) is -2.74. The SMILES string of the molecule is c1ccc([Si](c2ccccc2)(c2ccccc2)c2cccc(-n3c4ccccc4c4cccc(-n5c6ccccc6c6ccccc65)c43)c2)cc1. The molecule has 0 amide bonds. The van der Waals surface area contributed by atoms with Gasteiger partial charge in [-0.1, -0.05) is 170 Å². The molecule has 0 spiro atoms. The Bertz CT molecular complexity index is 2700. The molecule has 0 aliphatic heterocycles. The summed E-state index contributed by atoms with van der Waals surface area (Å²) >= 11 is 0. The third-order valence-corrected chi connectivity index (χ3v) is 15.4. The molecule has 0 aliphatic carbocycles. The van der Waals surface area contributed by atoms with Gasteiger partial charge in [0.05, 0.1) is 27.8 Å². The van der Waals surface area contributed by atoms with E-state index in [-0.39, 0.29) is 0 Å². The predicted molar refractivity (Wildman–Crippen MR) is 219 cm³/mol. The van der Waals surface area contributed by atoms with Crippen LogP contribution in [0.25, 0.3) is 55.0 Å². The molecule has 240 valence electrons. The number of hydrogen-bond acceptors (Lipinski definition) is 0. The van der Waals surface area contributed by atoms with Gasteiger partial charge in [0.25, 0.3) is 0 Å². The number of fused-ring (bicyclic) bond motifs is 6. The second-order valence-corrected chi connectivity index (χ2v) is 17.1. The van der Waals surface area contributed by atoms with Gasteiger partial charge in [-0.3, -0.25) is 0 Å². The van der Waals surface area contributed by atoms with Crippen molar-refractivity contribution in [3.05, 3.63) is 206 Å². The van der Waals surface area contributed by atoms with Gasteiger partial charge in [-0.05, 0) is 57.1 Å². The second-order valence-electron chi connectivity index (χ2n) is 13.3. The lowest BCUT2D eigenvalue weighted by Crippen LogP contribution is -2.74. The largest absolute Gasteiger partial charge is 0.307 e. The Kier molecular flexibility index (Phi) is 6.86. The first kappa shape index (κ1) is 29.5. The molecule has 0 N–H and O–H groups in total. The quantitative estimate of drug-likeness (QED) is 0.124. The summed E-state index contributed by atoms with van der Waals surface area (Å²) in [6.07, 6.45) is 0. The van der Waals surface area contributed by atoms with Crippen molar-refractivity contribution in [2.45, 2.75) is 0 Å². The zero-order valence-corrected chi connectivity index (χ0v) is 29.0. The highest BCUT2D eigenvalue weighted by Crippen LogP contribution is 2.39. The van der Waals surface area contributed by atoms with E-state index in [0.717, 1.165) is 5.69 Å². The van der Waals surface area contributed by atoms with Crippen molar-refractivity contribution in [1.82, 2.24) is 9.13 Å². The number of nitrogens with zero attached hydrogens (tertiary/aromatic N) is 2. The van der Waals surface area contributed by atoms with Crippen molar-refractivity contribution in [3.8, 4) is 11.4 Å². The minimum absolute atomic E-state index is 1.16. The van der Waals surface area contributed by atoms with Crippen LogP contribution in [0.5, 0.6) is 0 Å². The summed E-state index contributed by atoms with van der Waals surface area (Å²) in [5.74, 6) is 0. The smallest absolute Gasteiger partial charge is 0.179 e. The Labute approximate surface area is 298 Å². The fourth-order valence-corrected chi connectivity index (χ4v) is 13.4. The van der Waals surface area contributed by atoms with Crippen molar-refractivity contribution < 1.29 is 0 Å². The molecule has 10 rings (SSSR count). The maximum Gasteiger partial charge on any atom is 0.179 e. The van der Waals surface area contributed by atoms with Gasteiger partial charge in [0.1, 0.15) is 0 Å². The second kappa shape index (κ2) is 11.9. The summed E-state index contributed by atoms with van der Waals surface area (Å²) in [4.78, 5) is 0. The van der Waals surface area contributed by atoms with Gasteiger partial charge < -0.3 is 9.13 Å². The van der Waals surface area contributed by atoms with Gasteiger partial charge >= 0.3 is 0 Å². The number of hydrogen-bond donors (Lipinski definition) is 0. The molecule has 2 nitrogen and oxygen atoms in total. The van der Waals surface area contributed by atoms with Crippen LogP contribution in [0.1, 0.15) is 0 Å². The highest BCUT2D eigenvalue weighted by molar-refractivity contribution is 7.19. The summed E-state index contributed by atoms with van der Waals surface area (Å²) in [6, 6.07) is 76.2. The molecule has 2 heterocycles. The first-order valence-corrected chi connectivity index (χ1v) is 19.6. The van der Waals surface area contributed by atoms with E-state index in [1.807, 2.05) is 0 Å². The summed E-state index contributed by atoms with van der Waals surface area (Å²) in [5, 5.41) is 10.5. The molecular weight excluding hydrogens is 633 g/mol. The van der Waals surface area contributed by atoms with Crippen LogP contribution in [0.4, 0.5) is 0 Å². The monoisotopic (exact) mass is 666 g/mol. The lowest BCUT2D eigenvalue weighted by Gasteiger charge is -2.34. The van der Waals surface area contributed by atoms with E-state index in [2.05, 4.69) is 215 Å².